The first-order chi connectivity index (χ1) is 8.45. The third-order valence-corrected chi connectivity index (χ3v) is 5.25. The molecule has 1 N–H and O–H groups in total. The zero-order valence-electron chi connectivity index (χ0n) is 11.9. The summed E-state index contributed by atoms with van der Waals surface area (Å²) in [6, 6.07) is 0. The van der Waals surface area contributed by atoms with E-state index in [0.717, 1.165) is 25.9 Å². The lowest BCUT2D eigenvalue weighted by Crippen LogP contribution is -2.43. The van der Waals surface area contributed by atoms with Crippen LogP contribution in [0.15, 0.2) is 0 Å². The minimum atomic E-state index is -3.05. The fraction of sp³-hybridized carbons (Fsp3) is 1.00. The summed E-state index contributed by atoms with van der Waals surface area (Å²) in [5.41, 5.74) is 0. The van der Waals surface area contributed by atoms with Gasteiger partial charge in [-0.2, -0.15) is 0 Å². The molecule has 0 aromatic rings. The van der Waals surface area contributed by atoms with Crippen LogP contribution in [0.1, 0.15) is 19.8 Å². The van der Waals surface area contributed by atoms with E-state index in [1.165, 1.54) is 0 Å². The summed E-state index contributed by atoms with van der Waals surface area (Å²) in [5.74, 6) is 0.861. The van der Waals surface area contributed by atoms with Crippen molar-refractivity contribution in [2.75, 3.05) is 52.6 Å². The van der Waals surface area contributed by atoms with E-state index in [0.29, 0.717) is 25.6 Å². The molecule has 0 atom stereocenters. The minimum absolute atomic E-state index is 0.221. The smallest absolute Gasteiger partial charge is 0.215 e. The number of hydrogen-bond donors (Lipinski definition) is 1. The van der Waals surface area contributed by atoms with Gasteiger partial charge in [0.15, 0.2) is 0 Å². The molecule has 0 aromatic heterocycles. The highest BCUT2D eigenvalue weighted by atomic mass is 32.2. The van der Waals surface area contributed by atoms with Crippen molar-refractivity contribution < 1.29 is 8.42 Å². The summed E-state index contributed by atoms with van der Waals surface area (Å²) in [7, 11) is 1.09. The molecule has 0 aromatic carbocycles. The monoisotopic (exact) mass is 277 g/mol. The number of hydrogen-bond acceptors (Lipinski definition) is 4. The van der Waals surface area contributed by atoms with Crippen molar-refractivity contribution in [2.45, 2.75) is 19.8 Å². The average molecular weight is 277 g/mol. The molecule has 1 heterocycles. The first-order valence-corrected chi connectivity index (χ1v) is 8.40. The number of rotatable bonds is 7. The lowest BCUT2D eigenvalue weighted by Gasteiger charge is -2.32. The van der Waals surface area contributed by atoms with Crippen molar-refractivity contribution in [3.8, 4) is 0 Å². The molecular weight excluding hydrogens is 250 g/mol. The van der Waals surface area contributed by atoms with E-state index in [4.69, 9.17) is 0 Å². The summed E-state index contributed by atoms with van der Waals surface area (Å²) in [5, 5.41) is 3.07. The van der Waals surface area contributed by atoms with Gasteiger partial charge in [-0.05, 0) is 39.4 Å². The first-order valence-electron chi connectivity index (χ1n) is 6.79. The van der Waals surface area contributed by atoms with E-state index >= 15 is 0 Å². The van der Waals surface area contributed by atoms with E-state index < -0.39 is 10.0 Å². The van der Waals surface area contributed by atoms with Crippen LogP contribution in [0.5, 0.6) is 0 Å². The Bertz CT molecular complexity index is 322. The summed E-state index contributed by atoms with van der Waals surface area (Å²) < 4.78 is 25.8. The average Bonchev–Trinajstić information content (AvgIpc) is 2.29. The van der Waals surface area contributed by atoms with E-state index in [9.17, 15) is 8.42 Å². The zero-order chi connectivity index (χ0) is 13.6. The molecule has 18 heavy (non-hydrogen) atoms. The molecule has 0 amide bonds. The van der Waals surface area contributed by atoms with Gasteiger partial charge in [-0.25, -0.2) is 12.7 Å². The van der Waals surface area contributed by atoms with Crippen LogP contribution < -0.4 is 5.32 Å². The van der Waals surface area contributed by atoms with E-state index in [-0.39, 0.29) is 5.75 Å². The highest BCUT2D eigenvalue weighted by Crippen LogP contribution is 2.20. The number of nitrogens with zero attached hydrogens (tertiary/aromatic N) is 2. The molecule has 0 aliphatic carbocycles. The van der Waals surface area contributed by atoms with Crippen LogP contribution in [0, 0.1) is 5.92 Å². The molecular formula is C12H27N3O2S. The van der Waals surface area contributed by atoms with Crippen LogP contribution in [0.2, 0.25) is 0 Å². The molecule has 1 rings (SSSR count). The van der Waals surface area contributed by atoms with Crippen LogP contribution in [0.25, 0.3) is 0 Å². The van der Waals surface area contributed by atoms with Gasteiger partial charge in [0.1, 0.15) is 0 Å². The van der Waals surface area contributed by atoms with Gasteiger partial charge in [0.2, 0.25) is 10.0 Å². The molecule has 0 unspecified atom stereocenters. The summed E-state index contributed by atoms with van der Waals surface area (Å²) in [6.45, 7) is 5.79. The molecule has 1 aliphatic rings. The lowest BCUT2D eigenvalue weighted by molar-refractivity contribution is 0.225. The minimum Gasteiger partial charge on any atom is -0.316 e. The van der Waals surface area contributed by atoms with Crippen LogP contribution in [0.3, 0.4) is 0 Å². The third-order valence-electron chi connectivity index (χ3n) is 3.38. The molecule has 1 saturated heterocycles. The van der Waals surface area contributed by atoms with Crippen molar-refractivity contribution >= 4 is 10.0 Å². The SMILES string of the molecule is CCNCCS(=O)(=O)N1CCC(CN(C)C)CC1. The maximum absolute atomic E-state index is 12.1. The van der Waals surface area contributed by atoms with Crippen molar-refractivity contribution in [1.29, 1.82) is 0 Å². The number of piperidine rings is 1. The predicted octanol–water partition coefficient (Wildman–Crippen LogP) is 0.199. The standard InChI is InChI=1S/C12H27N3O2S/c1-4-13-7-10-18(16,17)15-8-5-12(6-9-15)11-14(2)3/h12-13H,4-11H2,1-3H3. The Kier molecular flexibility index (Phi) is 6.55. The Morgan fingerprint density at radius 1 is 1.28 bits per heavy atom. The highest BCUT2D eigenvalue weighted by Gasteiger charge is 2.27. The van der Waals surface area contributed by atoms with E-state index in [1.54, 1.807) is 4.31 Å². The molecule has 0 spiro atoms. The Morgan fingerprint density at radius 3 is 2.39 bits per heavy atom. The summed E-state index contributed by atoms with van der Waals surface area (Å²) in [4.78, 5) is 2.18. The molecule has 6 heteroatoms. The Hall–Kier alpha value is -0.170. The largest absolute Gasteiger partial charge is 0.316 e. The second kappa shape index (κ2) is 7.43. The van der Waals surface area contributed by atoms with Crippen molar-refractivity contribution in [1.82, 2.24) is 14.5 Å². The zero-order valence-corrected chi connectivity index (χ0v) is 12.7. The van der Waals surface area contributed by atoms with Gasteiger partial charge in [-0.15, -0.1) is 0 Å². The summed E-state index contributed by atoms with van der Waals surface area (Å²) >= 11 is 0. The van der Waals surface area contributed by atoms with Crippen molar-refractivity contribution in [2.24, 2.45) is 5.92 Å². The number of nitrogens with one attached hydrogen (secondary N) is 1. The van der Waals surface area contributed by atoms with Crippen molar-refractivity contribution in [3.63, 3.8) is 0 Å². The van der Waals surface area contributed by atoms with Crippen LogP contribution in [0.4, 0.5) is 0 Å². The Balaban J connectivity index is 2.37. The highest BCUT2D eigenvalue weighted by molar-refractivity contribution is 7.89. The molecule has 0 saturated carbocycles. The molecule has 108 valence electrons. The third kappa shape index (κ3) is 5.22. The fourth-order valence-corrected chi connectivity index (χ4v) is 3.82. The van der Waals surface area contributed by atoms with Gasteiger partial charge in [-0.3, -0.25) is 0 Å². The molecule has 1 fully saturated rings. The molecule has 1 aliphatic heterocycles. The second-order valence-corrected chi connectivity index (χ2v) is 7.36. The Labute approximate surface area is 112 Å². The van der Waals surface area contributed by atoms with Gasteiger partial charge < -0.3 is 10.2 Å². The number of sulfonamides is 1. The maximum Gasteiger partial charge on any atom is 0.215 e. The molecule has 0 radical (unpaired) electrons. The predicted molar refractivity (Wildman–Crippen MR) is 75.2 cm³/mol. The van der Waals surface area contributed by atoms with Crippen LogP contribution in [-0.4, -0.2) is 70.2 Å². The van der Waals surface area contributed by atoms with Gasteiger partial charge in [0.25, 0.3) is 0 Å². The van der Waals surface area contributed by atoms with Gasteiger partial charge >= 0.3 is 0 Å². The first kappa shape index (κ1) is 15.9. The van der Waals surface area contributed by atoms with Crippen molar-refractivity contribution in [3.05, 3.63) is 0 Å². The summed E-state index contributed by atoms with van der Waals surface area (Å²) in [6.07, 6.45) is 1.97. The fourth-order valence-electron chi connectivity index (χ4n) is 2.39. The van der Waals surface area contributed by atoms with E-state index in [1.807, 2.05) is 6.92 Å². The van der Waals surface area contributed by atoms with Crippen LogP contribution >= 0.6 is 0 Å². The quantitative estimate of drug-likeness (QED) is 0.676. The van der Waals surface area contributed by atoms with Crippen LogP contribution in [-0.2, 0) is 10.0 Å². The van der Waals surface area contributed by atoms with Gasteiger partial charge in [0, 0.05) is 26.2 Å². The van der Waals surface area contributed by atoms with E-state index in [2.05, 4.69) is 24.3 Å². The topological polar surface area (TPSA) is 52.7 Å². The lowest BCUT2D eigenvalue weighted by atomic mass is 9.98. The normalized spacial score (nSPS) is 19.6. The molecule has 5 nitrogen and oxygen atoms in total. The van der Waals surface area contributed by atoms with Gasteiger partial charge in [-0.1, -0.05) is 6.92 Å². The second-order valence-electron chi connectivity index (χ2n) is 5.27. The molecule has 0 bridgehead atoms. The Morgan fingerprint density at radius 2 is 1.89 bits per heavy atom. The maximum atomic E-state index is 12.1. The van der Waals surface area contributed by atoms with Gasteiger partial charge in [0.05, 0.1) is 5.75 Å².